The Labute approximate surface area is 223 Å². The molecule has 0 radical (unpaired) electrons. The van der Waals surface area contributed by atoms with Crippen molar-refractivity contribution >= 4 is 34.9 Å². The Hall–Kier alpha value is -4.08. The zero-order valence-corrected chi connectivity index (χ0v) is 23.4. The van der Waals surface area contributed by atoms with E-state index in [0.717, 1.165) is 16.8 Å². The van der Waals surface area contributed by atoms with Crippen LogP contribution in [0.1, 0.15) is 58.2 Å². The van der Waals surface area contributed by atoms with Crippen LogP contribution >= 0.6 is 0 Å². The number of carbonyl (C=O) groups excluding carboxylic acids is 2. The lowest BCUT2D eigenvalue weighted by molar-refractivity contribution is -0.139. The minimum atomic E-state index is -1.08. The summed E-state index contributed by atoms with van der Waals surface area (Å²) in [5, 5.41) is 20.6. The molecule has 0 fully saturated rings. The minimum Gasteiger partial charge on any atom is -0.479 e. The van der Waals surface area contributed by atoms with Crippen molar-refractivity contribution in [2.75, 3.05) is 58.2 Å². The molecule has 38 heavy (non-hydrogen) atoms. The van der Waals surface area contributed by atoms with Crippen LogP contribution in [0.25, 0.3) is 0 Å². The number of hydrogen-bond acceptors (Lipinski definition) is 7. The fourth-order valence-corrected chi connectivity index (χ4v) is 4.47. The van der Waals surface area contributed by atoms with Crippen LogP contribution in [0.15, 0.2) is 24.3 Å². The molecule has 0 aliphatic carbocycles. The average Bonchev–Trinajstić information content (AvgIpc) is 3.14. The number of nitrogens with one attached hydrogen (secondary N) is 2. The lowest BCUT2D eigenvalue weighted by Gasteiger charge is -2.28. The van der Waals surface area contributed by atoms with Crippen molar-refractivity contribution in [2.24, 2.45) is 0 Å². The molecular formula is C28H37N5O5. The van der Waals surface area contributed by atoms with Crippen molar-refractivity contribution < 1.29 is 24.2 Å². The van der Waals surface area contributed by atoms with E-state index >= 15 is 0 Å². The van der Waals surface area contributed by atoms with E-state index < -0.39 is 18.0 Å². The maximum absolute atomic E-state index is 13.6. The molecule has 0 saturated carbocycles. The van der Waals surface area contributed by atoms with Crippen molar-refractivity contribution in [3.8, 4) is 5.75 Å². The molecule has 1 aliphatic heterocycles. The smallest absolute Gasteiger partial charge is 0.341 e. The van der Waals surface area contributed by atoms with Crippen LogP contribution in [-0.2, 0) is 16.8 Å². The van der Waals surface area contributed by atoms with Crippen molar-refractivity contribution in [1.29, 1.82) is 5.41 Å². The fourth-order valence-electron chi connectivity index (χ4n) is 4.47. The first kappa shape index (κ1) is 28.5. The third kappa shape index (κ3) is 5.74. The van der Waals surface area contributed by atoms with Crippen LogP contribution in [0, 0.1) is 5.41 Å². The highest BCUT2D eigenvalue weighted by molar-refractivity contribution is 6.08. The Balaban J connectivity index is 1.97. The minimum absolute atomic E-state index is 0.0219. The van der Waals surface area contributed by atoms with E-state index in [4.69, 9.17) is 15.3 Å². The largest absolute Gasteiger partial charge is 0.479 e. The van der Waals surface area contributed by atoms with Gasteiger partial charge in [-0.1, -0.05) is 20.8 Å². The van der Waals surface area contributed by atoms with E-state index in [-0.39, 0.29) is 24.1 Å². The van der Waals surface area contributed by atoms with E-state index in [2.05, 4.69) is 5.32 Å². The normalized spacial score (nSPS) is 12.7. The Morgan fingerprint density at radius 3 is 2.21 bits per heavy atom. The number of fused-ring (bicyclic) bond motifs is 1. The first-order chi connectivity index (χ1) is 17.6. The molecular weight excluding hydrogens is 486 g/mol. The van der Waals surface area contributed by atoms with Crippen LogP contribution in [0.2, 0.25) is 0 Å². The topological polar surface area (TPSA) is 126 Å². The molecule has 10 nitrogen and oxygen atoms in total. The Morgan fingerprint density at radius 2 is 1.68 bits per heavy atom. The maximum atomic E-state index is 13.6. The summed E-state index contributed by atoms with van der Waals surface area (Å²) >= 11 is 0. The number of anilines is 2. The van der Waals surface area contributed by atoms with Gasteiger partial charge >= 0.3 is 5.97 Å². The van der Waals surface area contributed by atoms with Gasteiger partial charge in [0.2, 0.25) is 0 Å². The highest BCUT2D eigenvalue weighted by atomic mass is 16.5. The van der Waals surface area contributed by atoms with Gasteiger partial charge in [-0.05, 0) is 35.2 Å². The van der Waals surface area contributed by atoms with Crippen LogP contribution in [0.5, 0.6) is 5.75 Å². The number of amidine groups is 1. The first-order valence-electron chi connectivity index (χ1n) is 12.3. The molecule has 10 heteroatoms. The van der Waals surface area contributed by atoms with Crippen LogP contribution < -0.4 is 19.9 Å². The number of nitrogens with zero attached hydrogens (tertiary/aromatic N) is 3. The zero-order valence-electron chi connectivity index (χ0n) is 23.4. The number of amides is 1. The summed E-state index contributed by atoms with van der Waals surface area (Å²) in [6.45, 7) is 5.79. The Kier molecular flexibility index (Phi) is 8.04. The first-order valence-corrected chi connectivity index (χ1v) is 12.3. The second kappa shape index (κ2) is 10.7. The molecule has 2 aromatic rings. The number of ether oxygens (including phenoxy) is 1. The highest BCUT2D eigenvalue weighted by Gasteiger charge is 2.31. The summed E-state index contributed by atoms with van der Waals surface area (Å²) in [6, 6.07) is 7.07. The predicted molar refractivity (Wildman–Crippen MR) is 148 cm³/mol. The van der Waals surface area contributed by atoms with Gasteiger partial charge in [0.05, 0.1) is 17.8 Å². The second-order valence-electron chi connectivity index (χ2n) is 10.8. The zero-order chi connectivity index (χ0) is 28.5. The number of Topliss-reactive ketones (excluding diaryl/α,β-unsaturated/α-hetero) is 1. The molecule has 0 spiro atoms. The molecule has 0 aromatic heterocycles. The monoisotopic (exact) mass is 523 g/mol. The summed E-state index contributed by atoms with van der Waals surface area (Å²) in [5.74, 6) is -0.885. The quantitative estimate of drug-likeness (QED) is 0.429. The van der Waals surface area contributed by atoms with E-state index in [0.29, 0.717) is 34.7 Å². The number of ketones is 1. The van der Waals surface area contributed by atoms with Crippen molar-refractivity contribution in [3.63, 3.8) is 0 Å². The molecule has 3 rings (SSSR count). The molecule has 2 aromatic carbocycles. The maximum Gasteiger partial charge on any atom is 0.341 e. The van der Waals surface area contributed by atoms with Crippen LogP contribution in [0.4, 0.5) is 11.4 Å². The molecule has 1 amide bonds. The van der Waals surface area contributed by atoms with Crippen molar-refractivity contribution in [1.82, 2.24) is 10.2 Å². The van der Waals surface area contributed by atoms with Crippen molar-refractivity contribution in [2.45, 2.75) is 32.7 Å². The molecule has 0 unspecified atom stereocenters. The summed E-state index contributed by atoms with van der Waals surface area (Å²) in [4.78, 5) is 42.6. The number of aliphatic carboxylic acids is 1. The van der Waals surface area contributed by atoms with Gasteiger partial charge in [-0.3, -0.25) is 15.0 Å². The third-order valence-electron chi connectivity index (χ3n) is 6.46. The highest BCUT2D eigenvalue weighted by Crippen LogP contribution is 2.40. The fraction of sp³-hybridized carbons (Fsp3) is 0.429. The number of benzene rings is 2. The SMILES string of the molecule is CNC(=O)c1cc2c(cc1N(C)C)CN(CC(=O)c1cc(N(C)C)c(OCC(=O)O)c(C(C)(C)C)c1)C2=N. The van der Waals surface area contributed by atoms with Gasteiger partial charge in [-0.15, -0.1) is 0 Å². The number of hydrogen-bond donors (Lipinski definition) is 3. The average molecular weight is 524 g/mol. The molecule has 1 heterocycles. The molecule has 204 valence electrons. The summed E-state index contributed by atoms with van der Waals surface area (Å²) < 4.78 is 5.68. The standard InChI is InChI=1S/C28H37N5O5/c1-28(2,3)20-9-16(10-22(32(7)8)25(20)38-15-24(35)36)23(34)14-33-13-17-11-21(31(5)6)19(27(37)30-4)12-18(17)26(33)29/h9-12,29H,13-15H2,1-8H3,(H,30,37)(H,35,36). The summed E-state index contributed by atoms with van der Waals surface area (Å²) in [5.41, 5.74) is 4.06. The van der Waals surface area contributed by atoms with E-state index in [9.17, 15) is 14.4 Å². The van der Waals surface area contributed by atoms with Crippen LogP contribution in [0.3, 0.4) is 0 Å². The van der Waals surface area contributed by atoms with Gasteiger partial charge in [0.25, 0.3) is 5.91 Å². The van der Waals surface area contributed by atoms with Gasteiger partial charge in [0.1, 0.15) is 11.6 Å². The van der Waals surface area contributed by atoms with E-state index in [1.54, 1.807) is 35.0 Å². The number of carboxylic acid groups (broad SMARTS) is 1. The Bertz CT molecular complexity index is 1290. The molecule has 0 bridgehead atoms. The third-order valence-corrected chi connectivity index (χ3v) is 6.46. The molecule has 0 atom stereocenters. The number of carboxylic acids is 1. The summed E-state index contributed by atoms with van der Waals surface area (Å²) in [6.07, 6.45) is 0. The van der Waals surface area contributed by atoms with Crippen LogP contribution in [-0.4, -0.2) is 81.9 Å². The van der Waals surface area contributed by atoms with Gasteiger partial charge in [0.15, 0.2) is 12.4 Å². The van der Waals surface area contributed by atoms with Gasteiger partial charge < -0.3 is 29.9 Å². The van der Waals surface area contributed by atoms with Crippen molar-refractivity contribution in [3.05, 3.63) is 52.1 Å². The van der Waals surface area contributed by atoms with Gasteiger partial charge in [-0.25, -0.2) is 4.79 Å². The number of rotatable bonds is 9. The molecule has 0 saturated heterocycles. The van der Waals surface area contributed by atoms with E-state index in [1.165, 1.54) is 0 Å². The number of carbonyl (C=O) groups is 3. The lowest BCUT2D eigenvalue weighted by atomic mass is 9.84. The van der Waals surface area contributed by atoms with Gasteiger partial charge in [-0.2, -0.15) is 0 Å². The molecule has 3 N–H and O–H groups in total. The summed E-state index contributed by atoms with van der Waals surface area (Å²) in [7, 11) is 8.90. The second-order valence-corrected chi connectivity index (χ2v) is 10.8. The Morgan fingerprint density at radius 1 is 1.05 bits per heavy atom. The lowest BCUT2D eigenvalue weighted by Crippen LogP contribution is -2.31. The molecule has 1 aliphatic rings. The van der Waals surface area contributed by atoms with Gasteiger partial charge in [0, 0.05) is 64.2 Å². The predicted octanol–water partition coefficient (Wildman–Crippen LogP) is 2.96. The van der Waals surface area contributed by atoms with E-state index in [1.807, 2.05) is 59.9 Å².